The van der Waals surface area contributed by atoms with Gasteiger partial charge in [-0.2, -0.15) is 10.4 Å². The molecule has 0 aliphatic carbocycles. The number of carbonyl (C=O) groups excluding carboxylic acids is 1. The minimum Gasteiger partial charge on any atom is -0.355 e. The predicted octanol–water partition coefficient (Wildman–Crippen LogP) is 3.42. The number of nitrogens with zero attached hydrogens (tertiary/aromatic N) is 5. The summed E-state index contributed by atoms with van der Waals surface area (Å²) in [6, 6.07) is 9.95. The van der Waals surface area contributed by atoms with E-state index in [0.29, 0.717) is 28.6 Å². The molecule has 7 nitrogen and oxygen atoms in total. The van der Waals surface area contributed by atoms with E-state index in [9.17, 15) is 14.4 Å². The van der Waals surface area contributed by atoms with Gasteiger partial charge in [0, 0.05) is 25.4 Å². The third-order valence-electron chi connectivity index (χ3n) is 5.91. The van der Waals surface area contributed by atoms with Crippen LogP contribution in [0.5, 0.6) is 0 Å². The maximum Gasteiger partial charge on any atom is 0.255 e. The Balaban J connectivity index is 1.63. The van der Waals surface area contributed by atoms with Gasteiger partial charge in [0.25, 0.3) is 5.91 Å². The molecule has 1 unspecified atom stereocenters. The van der Waals surface area contributed by atoms with E-state index in [1.165, 1.54) is 18.6 Å². The summed E-state index contributed by atoms with van der Waals surface area (Å²) in [6.45, 7) is 4.38. The van der Waals surface area contributed by atoms with E-state index in [-0.39, 0.29) is 23.6 Å². The molecule has 0 spiro atoms. The fourth-order valence-electron chi connectivity index (χ4n) is 4.41. The normalized spacial score (nSPS) is 17.9. The number of amides is 1. The van der Waals surface area contributed by atoms with Crippen LogP contribution < -0.4 is 10.2 Å². The average molecular weight is 416 g/mol. The van der Waals surface area contributed by atoms with Crippen molar-refractivity contribution in [1.82, 2.24) is 20.1 Å². The fraction of sp³-hybridized carbons (Fsp3) is 0.304. The van der Waals surface area contributed by atoms with Gasteiger partial charge in [0.05, 0.1) is 46.4 Å². The largest absolute Gasteiger partial charge is 0.355 e. The number of fused-ring (bicyclic) bond motifs is 1. The standard InChI is InChI=1S/C23H21FN6O/c1-14-4-3-8-29(13-14)20-7-9-30(28-20)19-10-17(27-18-12-26-23(31)22(18)19)21-15(11-25)5-2-6-16(21)24/h2,5-7,9-10,14H,3-4,8,12-13H2,1H3,(H,26,31). The molecule has 5 rings (SSSR count). The molecule has 1 saturated heterocycles. The highest BCUT2D eigenvalue weighted by Gasteiger charge is 2.28. The highest BCUT2D eigenvalue weighted by atomic mass is 19.1. The van der Waals surface area contributed by atoms with Crippen molar-refractivity contribution in [3.63, 3.8) is 0 Å². The molecule has 4 heterocycles. The summed E-state index contributed by atoms with van der Waals surface area (Å²) >= 11 is 0. The summed E-state index contributed by atoms with van der Waals surface area (Å²) in [5.74, 6) is 0.688. The quantitative estimate of drug-likeness (QED) is 0.707. The van der Waals surface area contributed by atoms with Crippen molar-refractivity contribution in [2.75, 3.05) is 18.0 Å². The van der Waals surface area contributed by atoms with E-state index in [1.54, 1.807) is 16.8 Å². The van der Waals surface area contributed by atoms with Crippen LogP contribution in [0.25, 0.3) is 16.9 Å². The van der Waals surface area contributed by atoms with Gasteiger partial charge >= 0.3 is 0 Å². The van der Waals surface area contributed by atoms with Crippen molar-refractivity contribution in [1.29, 1.82) is 5.26 Å². The van der Waals surface area contributed by atoms with Crippen LogP contribution in [0.15, 0.2) is 36.5 Å². The highest BCUT2D eigenvalue weighted by Crippen LogP contribution is 2.32. The van der Waals surface area contributed by atoms with Crippen LogP contribution in [-0.2, 0) is 6.54 Å². The number of pyridine rings is 1. The molecule has 1 N–H and O–H groups in total. The second kappa shape index (κ2) is 7.51. The number of anilines is 1. The van der Waals surface area contributed by atoms with Crippen LogP contribution in [0, 0.1) is 23.1 Å². The van der Waals surface area contributed by atoms with E-state index < -0.39 is 5.82 Å². The lowest BCUT2D eigenvalue weighted by molar-refractivity contribution is 0.0965. The van der Waals surface area contributed by atoms with Gasteiger partial charge < -0.3 is 10.2 Å². The van der Waals surface area contributed by atoms with Gasteiger partial charge in [-0.15, -0.1) is 0 Å². The number of aromatic nitrogens is 3. The van der Waals surface area contributed by atoms with Crippen LogP contribution >= 0.6 is 0 Å². The van der Waals surface area contributed by atoms with Crippen molar-refractivity contribution in [2.45, 2.75) is 26.3 Å². The van der Waals surface area contributed by atoms with Gasteiger partial charge in [-0.25, -0.2) is 14.1 Å². The molecule has 2 aromatic heterocycles. The van der Waals surface area contributed by atoms with Gasteiger partial charge in [0.1, 0.15) is 5.82 Å². The smallest absolute Gasteiger partial charge is 0.255 e. The lowest BCUT2D eigenvalue weighted by atomic mass is 10.0. The minimum atomic E-state index is -0.529. The Morgan fingerprint density at radius 3 is 2.97 bits per heavy atom. The lowest BCUT2D eigenvalue weighted by Gasteiger charge is -2.30. The Kier molecular flexibility index (Phi) is 4.66. The molecule has 0 bridgehead atoms. The Hall–Kier alpha value is -3.73. The first-order valence-electron chi connectivity index (χ1n) is 10.4. The molecule has 1 aromatic carbocycles. The summed E-state index contributed by atoms with van der Waals surface area (Å²) in [6.07, 6.45) is 4.14. The number of carbonyl (C=O) groups is 1. The van der Waals surface area contributed by atoms with Crippen LogP contribution in [0.3, 0.4) is 0 Å². The van der Waals surface area contributed by atoms with Gasteiger partial charge in [-0.3, -0.25) is 4.79 Å². The zero-order chi connectivity index (χ0) is 21.5. The summed E-state index contributed by atoms with van der Waals surface area (Å²) in [5, 5.41) is 17.0. The number of benzene rings is 1. The monoisotopic (exact) mass is 416 g/mol. The Bertz CT molecular complexity index is 1230. The molecule has 2 aliphatic rings. The van der Waals surface area contributed by atoms with Crippen molar-refractivity contribution < 1.29 is 9.18 Å². The molecule has 2 aliphatic heterocycles. The van der Waals surface area contributed by atoms with Gasteiger partial charge in [0.2, 0.25) is 0 Å². The molecule has 8 heteroatoms. The van der Waals surface area contributed by atoms with Crippen LogP contribution in [0.2, 0.25) is 0 Å². The van der Waals surface area contributed by atoms with Gasteiger partial charge in [0.15, 0.2) is 5.82 Å². The first-order valence-corrected chi connectivity index (χ1v) is 10.4. The molecule has 3 aromatic rings. The van der Waals surface area contributed by atoms with Crippen LogP contribution in [-0.4, -0.2) is 33.8 Å². The molecule has 1 fully saturated rings. The molecule has 0 saturated carbocycles. The first kappa shape index (κ1) is 19.2. The molecule has 31 heavy (non-hydrogen) atoms. The van der Waals surface area contributed by atoms with Gasteiger partial charge in [-0.05, 0) is 37.0 Å². The Morgan fingerprint density at radius 1 is 1.29 bits per heavy atom. The third-order valence-corrected chi connectivity index (χ3v) is 5.91. The summed E-state index contributed by atoms with van der Waals surface area (Å²) in [7, 11) is 0. The summed E-state index contributed by atoms with van der Waals surface area (Å²) in [5.41, 5.74) is 2.11. The summed E-state index contributed by atoms with van der Waals surface area (Å²) < 4.78 is 16.3. The van der Waals surface area contributed by atoms with Crippen LogP contribution in [0.4, 0.5) is 10.2 Å². The SMILES string of the molecule is CC1CCCN(c2ccn(-c3cc(-c4c(F)cccc4C#N)nc4c3C(=O)NC4)n2)C1. The molecule has 156 valence electrons. The zero-order valence-electron chi connectivity index (χ0n) is 17.1. The van der Waals surface area contributed by atoms with Crippen molar-refractivity contribution in [2.24, 2.45) is 5.92 Å². The Morgan fingerprint density at radius 2 is 2.16 bits per heavy atom. The maximum atomic E-state index is 14.7. The predicted molar refractivity (Wildman–Crippen MR) is 113 cm³/mol. The van der Waals surface area contributed by atoms with E-state index in [0.717, 1.165) is 25.3 Å². The average Bonchev–Trinajstić information content (AvgIpc) is 3.40. The molecular weight excluding hydrogens is 395 g/mol. The minimum absolute atomic E-state index is 0.130. The van der Waals surface area contributed by atoms with E-state index in [2.05, 4.69) is 22.1 Å². The molecule has 0 radical (unpaired) electrons. The van der Waals surface area contributed by atoms with Crippen molar-refractivity contribution >= 4 is 11.7 Å². The maximum absolute atomic E-state index is 14.7. The molecule has 1 amide bonds. The van der Waals surface area contributed by atoms with E-state index >= 15 is 0 Å². The highest BCUT2D eigenvalue weighted by molar-refractivity contribution is 6.01. The Labute approximate surface area is 179 Å². The fourth-order valence-corrected chi connectivity index (χ4v) is 4.41. The number of halogens is 1. The number of nitrogens with one attached hydrogen (secondary N) is 1. The lowest BCUT2D eigenvalue weighted by Crippen LogP contribution is -2.34. The second-order valence-electron chi connectivity index (χ2n) is 8.12. The number of hydrogen-bond donors (Lipinski definition) is 1. The zero-order valence-corrected chi connectivity index (χ0v) is 17.1. The number of rotatable bonds is 3. The van der Waals surface area contributed by atoms with E-state index in [1.807, 2.05) is 18.3 Å². The number of nitriles is 1. The van der Waals surface area contributed by atoms with Crippen molar-refractivity contribution in [3.05, 3.63) is 59.2 Å². The number of piperidine rings is 1. The second-order valence-corrected chi connectivity index (χ2v) is 8.12. The topological polar surface area (TPSA) is 86.8 Å². The first-order chi connectivity index (χ1) is 15.0. The van der Waals surface area contributed by atoms with Crippen LogP contribution in [0.1, 0.15) is 41.4 Å². The number of hydrogen-bond acceptors (Lipinski definition) is 5. The molecule has 1 atom stereocenters. The molecular formula is C23H21FN6O. The summed E-state index contributed by atoms with van der Waals surface area (Å²) in [4.78, 5) is 19.3. The van der Waals surface area contributed by atoms with E-state index in [4.69, 9.17) is 5.10 Å². The van der Waals surface area contributed by atoms with Gasteiger partial charge in [-0.1, -0.05) is 13.0 Å². The third kappa shape index (κ3) is 3.32. The van der Waals surface area contributed by atoms with Crippen molar-refractivity contribution in [3.8, 4) is 23.0 Å².